The van der Waals surface area contributed by atoms with Crippen LogP contribution in [-0.4, -0.2) is 0 Å². The van der Waals surface area contributed by atoms with Crippen molar-refractivity contribution in [2.45, 2.75) is 25.9 Å². The van der Waals surface area contributed by atoms with Crippen LogP contribution in [0.25, 0.3) is 0 Å². The van der Waals surface area contributed by atoms with Crippen molar-refractivity contribution in [2.75, 3.05) is 0 Å². The average Bonchev–Trinajstić information content (AvgIpc) is 2.42. The van der Waals surface area contributed by atoms with E-state index in [-0.39, 0.29) is 17.9 Å². The van der Waals surface area contributed by atoms with Gasteiger partial charge in [0.2, 0.25) is 0 Å². The van der Waals surface area contributed by atoms with E-state index in [1.165, 1.54) is 6.07 Å². The van der Waals surface area contributed by atoms with Crippen LogP contribution in [0.2, 0.25) is 10.0 Å². The van der Waals surface area contributed by atoms with Crippen molar-refractivity contribution in [3.8, 4) is 0 Å². The minimum atomic E-state index is -0.200. The maximum atomic E-state index is 13.7. The van der Waals surface area contributed by atoms with Gasteiger partial charge in [0, 0.05) is 17.6 Å². The van der Waals surface area contributed by atoms with Crippen molar-refractivity contribution in [1.82, 2.24) is 5.32 Å². The van der Waals surface area contributed by atoms with E-state index < -0.39 is 0 Å². The molecule has 0 aliphatic rings. The van der Waals surface area contributed by atoms with E-state index >= 15 is 0 Å². The Morgan fingerprint density at radius 2 is 1.65 bits per heavy atom. The molecule has 0 bridgehead atoms. The molecule has 20 heavy (non-hydrogen) atoms. The van der Waals surface area contributed by atoms with Gasteiger partial charge in [-0.3, -0.25) is 0 Å². The lowest BCUT2D eigenvalue weighted by Crippen LogP contribution is -2.23. The molecule has 0 saturated heterocycles. The van der Waals surface area contributed by atoms with Gasteiger partial charge in [-0.1, -0.05) is 47.5 Å². The summed E-state index contributed by atoms with van der Waals surface area (Å²) in [7, 11) is 0. The first-order chi connectivity index (χ1) is 9.49. The summed E-state index contributed by atoms with van der Waals surface area (Å²) < 4.78 is 13.7. The molecule has 0 saturated carbocycles. The van der Waals surface area contributed by atoms with Gasteiger partial charge in [-0.15, -0.1) is 0 Å². The second-order valence-electron chi connectivity index (χ2n) is 4.81. The van der Waals surface area contributed by atoms with E-state index in [2.05, 4.69) is 5.32 Å². The SMILES string of the molecule is CC(N[C@H](C)c1ccccc1F)c1ccc(Cl)c(Cl)c1. The summed E-state index contributed by atoms with van der Waals surface area (Å²) in [5.74, 6) is -0.200. The zero-order valence-corrected chi connectivity index (χ0v) is 12.8. The maximum absolute atomic E-state index is 13.7. The minimum Gasteiger partial charge on any atom is -0.304 e. The van der Waals surface area contributed by atoms with Crippen molar-refractivity contribution in [3.63, 3.8) is 0 Å². The summed E-state index contributed by atoms with van der Waals surface area (Å²) in [4.78, 5) is 0. The van der Waals surface area contributed by atoms with Crippen molar-refractivity contribution in [1.29, 1.82) is 0 Å². The zero-order valence-electron chi connectivity index (χ0n) is 11.3. The predicted molar refractivity (Wildman–Crippen MR) is 82.8 cm³/mol. The van der Waals surface area contributed by atoms with Crippen LogP contribution in [0.5, 0.6) is 0 Å². The first-order valence-corrected chi connectivity index (χ1v) is 7.20. The van der Waals surface area contributed by atoms with Crippen LogP contribution in [0, 0.1) is 5.82 Å². The standard InChI is InChI=1S/C16H16Cl2FN/c1-10(12-7-8-14(17)15(18)9-12)20-11(2)13-5-3-4-6-16(13)19/h3-11,20H,1-2H3/t10?,11-/m1/s1. The topological polar surface area (TPSA) is 12.0 Å². The highest BCUT2D eigenvalue weighted by Crippen LogP contribution is 2.27. The number of halogens is 3. The Balaban J connectivity index is 2.13. The summed E-state index contributed by atoms with van der Waals surface area (Å²) in [5.41, 5.74) is 1.67. The lowest BCUT2D eigenvalue weighted by molar-refractivity contribution is 0.474. The van der Waals surface area contributed by atoms with Crippen LogP contribution < -0.4 is 5.32 Å². The summed E-state index contributed by atoms with van der Waals surface area (Å²) in [5, 5.41) is 4.41. The van der Waals surface area contributed by atoms with Gasteiger partial charge in [0.05, 0.1) is 10.0 Å². The number of hydrogen-bond donors (Lipinski definition) is 1. The van der Waals surface area contributed by atoms with Gasteiger partial charge < -0.3 is 5.32 Å². The third kappa shape index (κ3) is 3.51. The van der Waals surface area contributed by atoms with Crippen LogP contribution in [0.15, 0.2) is 42.5 Å². The Labute approximate surface area is 128 Å². The predicted octanol–water partition coefficient (Wildman–Crippen LogP) is 5.54. The molecule has 0 aliphatic carbocycles. The molecule has 0 amide bonds. The molecule has 0 fully saturated rings. The highest BCUT2D eigenvalue weighted by Gasteiger charge is 2.14. The average molecular weight is 312 g/mol. The largest absolute Gasteiger partial charge is 0.304 e. The van der Waals surface area contributed by atoms with Gasteiger partial charge >= 0.3 is 0 Å². The van der Waals surface area contributed by atoms with Crippen LogP contribution in [0.1, 0.15) is 37.1 Å². The first-order valence-electron chi connectivity index (χ1n) is 6.44. The molecule has 2 aromatic carbocycles. The molecule has 2 rings (SSSR count). The summed E-state index contributed by atoms with van der Waals surface area (Å²) >= 11 is 11.9. The van der Waals surface area contributed by atoms with Crippen LogP contribution >= 0.6 is 23.2 Å². The molecule has 2 atom stereocenters. The Bertz CT molecular complexity index is 601. The second kappa shape index (κ2) is 6.57. The Morgan fingerprint density at radius 3 is 2.30 bits per heavy atom. The summed E-state index contributed by atoms with van der Waals surface area (Å²) in [6, 6.07) is 12.2. The number of benzene rings is 2. The molecule has 1 nitrogen and oxygen atoms in total. The molecular weight excluding hydrogens is 296 g/mol. The second-order valence-corrected chi connectivity index (χ2v) is 5.62. The fourth-order valence-electron chi connectivity index (χ4n) is 2.17. The first kappa shape index (κ1) is 15.3. The fraction of sp³-hybridized carbons (Fsp3) is 0.250. The lowest BCUT2D eigenvalue weighted by Gasteiger charge is -2.21. The van der Waals surface area contributed by atoms with E-state index in [1.807, 2.05) is 32.0 Å². The molecule has 0 radical (unpaired) electrons. The molecule has 1 unspecified atom stereocenters. The lowest BCUT2D eigenvalue weighted by atomic mass is 10.0. The highest BCUT2D eigenvalue weighted by molar-refractivity contribution is 6.42. The van der Waals surface area contributed by atoms with E-state index in [0.29, 0.717) is 15.6 Å². The third-order valence-electron chi connectivity index (χ3n) is 3.32. The Morgan fingerprint density at radius 1 is 0.950 bits per heavy atom. The van der Waals surface area contributed by atoms with Crippen molar-refractivity contribution >= 4 is 23.2 Å². The molecule has 0 aromatic heterocycles. The van der Waals surface area contributed by atoms with Gasteiger partial charge in [0.25, 0.3) is 0 Å². The Kier molecular flexibility index (Phi) is 5.03. The molecule has 4 heteroatoms. The number of nitrogens with one attached hydrogen (secondary N) is 1. The van der Waals surface area contributed by atoms with E-state index in [1.54, 1.807) is 18.2 Å². The Hall–Kier alpha value is -1.09. The molecule has 2 aromatic rings. The van der Waals surface area contributed by atoms with E-state index in [9.17, 15) is 4.39 Å². The van der Waals surface area contributed by atoms with Gasteiger partial charge in [0.1, 0.15) is 5.82 Å². The van der Waals surface area contributed by atoms with E-state index in [0.717, 1.165) is 5.56 Å². The summed E-state index contributed by atoms with van der Waals surface area (Å²) in [6.45, 7) is 3.95. The monoisotopic (exact) mass is 311 g/mol. The highest BCUT2D eigenvalue weighted by atomic mass is 35.5. The minimum absolute atomic E-state index is 0.0411. The van der Waals surface area contributed by atoms with Crippen LogP contribution in [-0.2, 0) is 0 Å². The van der Waals surface area contributed by atoms with Gasteiger partial charge in [-0.25, -0.2) is 4.39 Å². The fourth-order valence-corrected chi connectivity index (χ4v) is 2.48. The molecule has 1 N–H and O–H groups in total. The van der Waals surface area contributed by atoms with Crippen LogP contribution in [0.3, 0.4) is 0 Å². The van der Waals surface area contributed by atoms with Crippen molar-refractivity contribution in [3.05, 3.63) is 69.5 Å². The van der Waals surface area contributed by atoms with Crippen molar-refractivity contribution in [2.24, 2.45) is 0 Å². The molecule has 106 valence electrons. The smallest absolute Gasteiger partial charge is 0.127 e. The zero-order chi connectivity index (χ0) is 14.7. The third-order valence-corrected chi connectivity index (χ3v) is 4.05. The molecular formula is C16H16Cl2FN. The number of hydrogen-bond acceptors (Lipinski definition) is 1. The van der Waals surface area contributed by atoms with Gasteiger partial charge in [-0.05, 0) is 37.6 Å². The summed E-state index contributed by atoms with van der Waals surface area (Å²) in [6.07, 6.45) is 0. The van der Waals surface area contributed by atoms with Gasteiger partial charge in [-0.2, -0.15) is 0 Å². The van der Waals surface area contributed by atoms with Gasteiger partial charge in [0.15, 0.2) is 0 Å². The molecule has 0 heterocycles. The quantitative estimate of drug-likeness (QED) is 0.781. The van der Waals surface area contributed by atoms with Crippen LogP contribution in [0.4, 0.5) is 4.39 Å². The molecule has 0 aliphatic heterocycles. The van der Waals surface area contributed by atoms with Crippen molar-refractivity contribution < 1.29 is 4.39 Å². The number of rotatable bonds is 4. The maximum Gasteiger partial charge on any atom is 0.127 e. The van der Waals surface area contributed by atoms with E-state index in [4.69, 9.17) is 23.2 Å². The normalized spacial score (nSPS) is 14.1. The molecule has 0 spiro atoms.